The Hall–Kier alpha value is -2.36. The minimum absolute atomic E-state index is 0.136. The number of methoxy groups -OCH3 is 2. The third-order valence-corrected chi connectivity index (χ3v) is 5.28. The Morgan fingerprint density at radius 3 is 2.21 bits per heavy atom. The molecule has 2 N–H and O–H groups in total. The van der Waals surface area contributed by atoms with Crippen LogP contribution in [0.5, 0.6) is 23.0 Å². The van der Waals surface area contributed by atoms with E-state index in [9.17, 15) is 10.2 Å². The molecule has 128 valence electrons. The van der Waals surface area contributed by atoms with Crippen molar-refractivity contribution in [1.29, 1.82) is 0 Å². The van der Waals surface area contributed by atoms with Crippen molar-refractivity contribution in [2.75, 3.05) is 14.2 Å². The van der Waals surface area contributed by atoms with E-state index in [-0.39, 0.29) is 17.4 Å². The van der Waals surface area contributed by atoms with Crippen LogP contribution < -0.4 is 9.47 Å². The summed E-state index contributed by atoms with van der Waals surface area (Å²) in [6.45, 7) is 4.42. The van der Waals surface area contributed by atoms with E-state index in [2.05, 4.69) is 13.8 Å². The van der Waals surface area contributed by atoms with Gasteiger partial charge >= 0.3 is 0 Å². The molecule has 0 fully saturated rings. The number of hydrogen-bond acceptors (Lipinski definition) is 4. The number of fused-ring (bicyclic) bond motifs is 1. The monoisotopic (exact) mass is 328 g/mol. The molecule has 24 heavy (non-hydrogen) atoms. The highest BCUT2D eigenvalue weighted by atomic mass is 16.5. The largest absolute Gasteiger partial charge is 0.504 e. The van der Waals surface area contributed by atoms with Crippen LogP contribution in [0.2, 0.25) is 0 Å². The van der Waals surface area contributed by atoms with Gasteiger partial charge in [0.2, 0.25) is 0 Å². The molecule has 0 spiro atoms. The molecular formula is C20H24O4. The second-order valence-electron chi connectivity index (χ2n) is 6.44. The lowest BCUT2D eigenvalue weighted by molar-refractivity contribution is 0.371. The van der Waals surface area contributed by atoms with Gasteiger partial charge in [-0.3, -0.25) is 0 Å². The number of phenolic OH excluding ortho intramolecular Hbond substituents is 2. The first kappa shape index (κ1) is 16.5. The summed E-state index contributed by atoms with van der Waals surface area (Å²) in [6, 6.07) is 9.28. The van der Waals surface area contributed by atoms with Gasteiger partial charge in [0.15, 0.2) is 23.0 Å². The quantitative estimate of drug-likeness (QED) is 0.874. The molecule has 0 saturated carbocycles. The normalized spacial score (nSPS) is 22.2. The van der Waals surface area contributed by atoms with Gasteiger partial charge in [0.1, 0.15) is 0 Å². The first-order chi connectivity index (χ1) is 11.5. The summed E-state index contributed by atoms with van der Waals surface area (Å²) < 4.78 is 10.6. The molecule has 1 aliphatic carbocycles. The maximum Gasteiger partial charge on any atom is 0.160 e. The first-order valence-corrected chi connectivity index (χ1v) is 8.29. The van der Waals surface area contributed by atoms with Gasteiger partial charge in [-0.05, 0) is 59.2 Å². The zero-order valence-electron chi connectivity index (χ0n) is 14.5. The van der Waals surface area contributed by atoms with E-state index < -0.39 is 0 Å². The number of benzene rings is 2. The molecule has 0 saturated heterocycles. The topological polar surface area (TPSA) is 58.9 Å². The number of ether oxygens (including phenoxy) is 2. The summed E-state index contributed by atoms with van der Waals surface area (Å²) >= 11 is 0. The van der Waals surface area contributed by atoms with Gasteiger partial charge in [0, 0.05) is 5.92 Å². The highest BCUT2D eigenvalue weighted by Gasteiger charge is 2.39. The number of aromatic hydroxyl groups is 2. The molecule has 0 amide bonds. The molecule has 4 heteroatoms. The highest BCUT2D eigenvalue weighted by molar-refractivity contribution is 5.56. The van der Waals surface area contributed by atoms with Crippen molar-refractivity contribution in [3.8, 4) is 23.0 Å². The van der Waals surface area contributed by atoms with Gasteiger partial charge in [0.05, 0.1) is 14.2 Å². The van der Waals surface area contributed by atoms with Crippen LogP contribution in [0.25, 0.3) is 0 Å². The minimum Gasteiger partial charge on any atom is -0.504 e. The van der Waals surface area contributed by atoms with E-state index in [1.54, 1.807) is 20.3 Å². The predicted molar refractivity (Wildman–Crippen MR) is 93.4 cm³/mol. The van der Waals surface area contributed by atoms with Gasteiger partial charge in [-0.15, -0.1) is 0 Å². The second kappa shape index (κ2) is 6.27. The molecule has 0 unspecified atom stereocenters. The summed E-state index contributed by atoms with van der Waals surface area (Å²) in [4.78, 5) is 0. The SMILES string of the molecule is CC[C@H]1c2cc(OC)c(O)cc2[C@@H](c2ccc(O)c(OC)c2)[C@@H]1C. The Labute approximate surface area is 142 Å². The molecule has 0 bridgehead atoms. The van der Waals surface area contributed by atoms with Crippen LogP contribution in [0.4, 0.5) is 0 Å². The third-order valence-electron chi connectivity index (χ3n) is 5.28. The van der Waals surface area contributed by atoms with E-state index in [4.69, 9.17) is 9.47 Å². The highest BCUT2D eigenvalue weighted by Crippen LogP contribution is 2.53. The zero-order valence-corrected chi connectivity index (χ0v) is 14.5. The molecule has 0 heterocycles. The van der Waals surface area contributed by atoms with Gasteiger partial charge in [0.25, 0.3) is 0 Å². The third kappa shape index (κ3) is 2.46. The molecule has 3 rings (SSSR count). The zero-order chi connectivity index (χ0) is 17.4. The van der Waals surface area contributed by atoms with E-state index >= 15 is 0 Å². The van der Waals surface area contributed by atoms with Crippen molar-refractivity contribution in [2.45, 2.75) is 32.1 Å². The fourth-order valence-electron chi connectivity index (χ4n) is 4.12. The van der Waals surface area contributed by atoms with E-state index in [1.165, 1.54) is 5.56 Å². The molecule has 0 aromatic heterocycles. The summed E-state index contributed by atoms with van der Waals surface area (Å²) in [6.07, 6.45) is 1.02. The standard InChI is InChI=1S/C20H24O4/c1-5-13-11(2)20(12-6-7-16(21)18(8-12)23-3)15-9-17(22)19(24-4)10-14(13)15/h6-11,13,20-22H,5H2,1-4H3/t11-,13-,20-/m1/s1. The van der Waals surface area contributed by atoms with Crippen molar-refractivity contribution in [3.05, 3.63) is 47.0 Å². The first-order valence-electron chi connectivity index (χ1n) is 8.29. The maximum absolute atomic E-state index is 10.2. The molecule has 3 atom stereocenters. The molecule has 0 aliphatic heterocycles. The Balaban J connectivity index is 2.15. The van der Waals surface area contributed by atoms with Gasteiger partial charge < -0.3 is 19.7 Å². The molecule has 0 radical (unpaired) electrons. The van der Waals surface area contributed by atoms with Gasteiger partial charge in [-0.2, -0.15) is 0 Å². The molecule has 2 aromatic rings. The van der Waals surface area contributed by atoms with Crippen LogP contribution in [-0.4, -0.2) is 24.4 Å². The van der Waals surface area contributed by atoms with Crippen molar-refractivity contribution in [2.24, 2.45) is 5.92 Å². The van der Waals surface area contributed by atoms with Crippen LogP contribution in [0.3, 0.4) is 0 Å². The fourth-order valence-corrected chi connectivity index (χ4v) is 4.12. The van der Waals surface area contributed by atoms with Crippen molar-refractivity contribution in [1.82, 2.24) is 0 Å². The Morgan fingerprint density at radius 2 is 1.58 bits per heavy atom. The Morgan fingerprint density at radius 1 is 0.917 bits per heavy atom. The summed E-state index contributed by atoms with van der Waals surface area (Å²) in [5, 5.41) is 20.1. The molecular weight excluding hydrogens is 304 g/mol. The average Bonchev–Trinajstić information content (AvgIpc) is 2.85. The Bertz CT molecular complexity index is 754. The summed E-state index contributed by atoms with van der Waals surface area (Å²) in [7, 11) is 3.12. The number of rotatable bonds is 4. The second-order valence-corrected chi connectivity index (χ2v) is 6.44. The van der Waals surface area contributed by atoms with Crippen LogP contribution in [0.15, 0.2) is 30.3 Å². The summed E-state index contributed by atoms with van der Waals surface area (Å²) in [5.74, 6) is 2.22. The van der Waals surface area contributed by atoms with Crippen molar-refractivity contribution < 1.29 is 19.7 Å². The van der Waals surface area contributed by atoms with Gasteiger partial charge in [-0.1, -0.05) is 19.9 Å². The van der Waals surface area contributed by atoms with Crippen LogP contribution >= 0.6 is 0 Å². The van der Waals surface area contributed by atoms with Crippen molar-refractivity contribution >= 4 is 0 Å². The number of hydrogen-bond donors (Lipinski definition) is 2. The smallest absolute Gasteiger partial charge is 0.160 e. The molecule has 1 aliphatic rings. The van der Waals surface area contributed by atoms with Crippen LogP contribution in [-0.2, 0) is 0 Å². The number of phenols is 2. The lowest BCUT2D eigenvalue weighted by Gasteiger charge is -2.21. The van der Waals surface area contributed by atoms with E-state index in [0.717, 1.165) is 17.5 Å². The fraction of sp³-hybridized carbons (Fsp3) is 0.400. The molecule has 4 nitrogen and oxygen atoms in total. The van der Waals surface area contributed by atoms with E-state index in [0.29, 0.717) is 23.3 Å². The minimum atomic E-state index is 0.136. The Kier molecular flexibility index (Phi) is 4.31. The van der Waals surface area contributed by atoms with Crippen molar-refractivity contribution in [3.63, 3.8) is 0 Å². The summed E-state index contributed by atoms with van der Waals surface area (Å²) in [5.41, 5.74) is 3.44. The molecule has 2 aromatic carbocycles. The van der Waals surface area contributed by atoms with Gasteiger partial charge in [-0.25, -0.2) is 0 Å². The lowest BCUT2D eigenvalue weighted by atomic mass is 9.83. The predicted octanol–water partition coefficient (Wildman–Crippen LogP) is 4.39. The maximum atomic E-state index is 10.2. The average molecular weight is 328 g/mol. The van der Waals surface area contributed by atoms with Crippen LogP contribution in [0, 0.1) is 5.92 Å². The van der Waals surface area contributed by atoms with Crippen LogP contribution in [0.1, 0.15) is 48.8 Å². The van der Waals surface area contributed by atoms with E-state index in [1.807, 2.05) is 24.3 Å². The lowest BCUT2D eigenvalue weighted by Crippen LogP contribution is -2.09.